The zero-order valence-corrected chi connectivity index (χ0v) is 22.9. The van der Waals surface area contributed by atoms with E-state index in [9.17, 15) is 32.8 Å². The van der Waals surface area contributed by atoms with Gasteiger partial charge in [0.25, 0.3) is 23.9 Å². The van der Waals surface area contributed by atoms with Gasteiger partial charge < -0.3 is 21.3 Å². The molecule has 2 aliphatic rings. The molecule has 0 radical (unpaired) electrons. The summed E-state index contributed by atoms with van der Waals surface area (Å²) in [5.41, 5.74) is -4.09. The summed E-state index contributed by atoms with van der Waals surface area (Å²) < 4.78 is 43.4. The highest BCUT2D eigenvalue weighted by Gasteiger charge is 2.49. The van der Waals surface area contributed by atoms with Gasteiger partial charge in [0.1, 0.15) is 6.04 Å². The zero-order valence-electron chi connectivity index (χ0n) is 22.9. The molecule has 1 aliphatic heterocycles. The number of Topliss-reactive ketones (excluding diaryl/α,β-unsaturated/α-hetero) is 1. The number of halogens is 3. The van der Waals surface area contributed by atoms with Crippen LogP contribution in [0.5, 0.6) is 0 Å². The molecule has 1 saturated carbocycles. The lowest BCUT2D eigenvalue weighted by molar-refractivity contribution is -0.147. The zero-order chi connectivity index (χ0) is 29.7. The summed E-state index contributed by atoms with van der Waals surface area (Å²) in [5, 5.41) is 9.77. The van der Waals surface area contributed by atoms with Crippen molar-refractivity contribution >= 4 is 29.4 Å². The lowest BCUT2D eigenvalue weighted by Crippen LogP contribution is -2.59. The van der Waals surface area contributed by atoms with Crippen molar-refractivity contribution in [1.82, 2.24) is 21.3 Å². The topological polar surface area (TPSA) is 133 Å². The van der Waals surface area contributed by atoms with Gasteiger partial charge in [0.05, 0.1) is 6.04 Å². The normalized spacial score (nSPS) is 20.2. The molecule has 220 valence electrons. The molecule has 3 rings (SSSR count). The molecular weight excluding hydrogens is 529 g/mol. The Hall–Kier alpha value is -3.44. The van der Waals surface area contributed by atoms with Crippen molar-refractivity contribution in [3.8, 4) is 0 Å². The van der Waals surface area contributed by atoms with E-state index in [4.69, 9.17) is 0 Å². The number of ketones is 1. The molecule has 12 heteroatoms. The predicted molar refractivity (Wildman–Crippen MR) is 140 cm³/mol. The molecule has 40 heavy (non-hydrogen) atoms. The summed E-state index contributed by atoms with van der Waals surface area (Å²) in [4.78, 5) is 64.1. The van der Waals surface area contributed by atoms with Crippen molar-refractivity contribution in [3.63, 3.8) is 0 Å². The first-order valence-corrected chi connectivity index (χ1v) is 13.4. The van der Waals surface area contributed by atoms with Crippen LogP contribution in [-0.4, -0.2) is 66.2 Å². The lowest BCUT2D eigenvalue weighted by atomic mass is 9.86. The van der Waals surface area contributed by atoms with Crippen LogP contribution in [0.1, 0.15) is 58.4 Å². The highest BCUT2D eigenvalue weighted by Crippen LogP contribution is 2.28. The Kier molecular flexibility index (Phi) is 9.96. The molecule has 0 spiro atoms. The van der Waals surface area contributed by atoms with E-state index in [1.165, 1.54) is 24.3 Å². The van der Waals surface area contributed by atoms with E-state index in [1.807, 2.05) is 0 Å². The van der Waals surface area contributed by atoms with Gasteiger partial charge in [-0.1, -0.05) is 51.1 Å². The number of benzene rings is 1. The van der Waals surface area contributed by atoms with Gasteiger partial charge in [-0.05, 0) is 43.1 Å². The Labute approximate surface area is 231 Å². The number of hydrogen-bond acceptors (Lipinski definition) is 5. The van der Waals surface area contributed by atoms with E-state index < -0.39 is 65.4 Å². The van der Waals surface area contributed by atoms with E-state index in [1.54, 1.807) is 26.8 Å². The van der Waals surface area contributed by atoms with Gasteiger partial charge in [0.15, 0.2) is 0 Å². The fraction of sp³-hybridized carbons (Fsp3) is 0.607. The first-order chi connectivity index (χ1) is 18.7. The highest BCUT2D eigenvalue weighted by atomic mass is 19.3. The standard InChI is InChI=1S/C28H37F3N4O5/c1-27(2,3)15-20(35-26(40)28(31,25(29)30)14-16-7-5-4-6-8-16)23(38)34-19(13-17-11-12-32-22(17)37)21(36)24(39)33-18-9-10-18/h4-8,17-20,25H,9-15H2,1-3H3,(H,32,37)(H,33,39)(H,34,38)(H,35,40)/t17?,19?,20-,28?/m0/s1. The predicted octanol–water partition coefficient (Wildman–Crippen LogP) is 1.98. The van der Waals surface area contributed by atoms with Gasteiger partial charge in [-0.25, -0.2) is 13.2 Å². The second-order valence-corrected chi connectivity index (χ2v) is 11.8. The molecule has 0 bridgehead atoms. The largest absolute Gasteiger partial charge is 0.356 e. The summed E-state index contributed by atoms with van der Waals surface area (Å²) in [6, 6.07) is 4.44. The Morgan fingerprint density at radius 1 is 1.00 bits per heavy atom. The molecule has 2 fully saturated rings. The summed E-state index contributed by atoms with van der Waals surface area (Å²) in [7, 11) is 0. The maximum absolute atomic E-state index is 15.5. The summed E-state index contributed by atoms with van der Waals surface area (Å²) in [6.45, 7) is 5.57. The van der Waals surface area contributed by atoms with Crippen LogP contribution < -0.4 is 21.3 Å². The van der Waals surface area contributed by atoms with Gasteiger partial charge >= 0.3 is 0 Å². The minimum atomic E-state index is -3.69. The summed E-state index contributed by atoms with van der Waals surface area (Å²) in [6.07, 6.45) is -3.02. The molecule has 1 aromatic carbocycles. The van der Waals surface area contributed by atoms with E-state index in [0.29, 0.717) is 13.0 Å². The van der Waals surface area contributed by atoms with Crippen LogP contribution in [-0.2, 0) is 30.4 Å². The third-order valence-corrected chi connectivity index (χ3v) is 6.92. The number of hydrogen-bond donors (Lipinski definition) is 4. The molecular formula is C28H37F3N4O5. The Morgan fingerprint density at radius 3 is 2.17 bits per heavy atom. The van der Waals surface area contributed by atoms with Gasteiger partial charge in [-0.2, -0.15) is 0 Å². The van der Waals surface area contributed by atoms with E-state index in [0.717, 1.165) is 12.8 Å². The van der Waals surface area contributed by atoms with Crippen LogP contribution in [0.2, 0.25) is 0 Å². The fourth-order valence-electron chi connectivity index (χ4n) is 4.55. The van der Waals surface area contributed by atoms with E-state index in [-0.39, 0.29) is 30.4 Å². The number of amides is 4. The summed E-state index contributed by atoms with van der Waals surface area (Å²) >= 11 is 0. The molecule has 0 aromatic heterocycles. The molecule has 1 heterocycles. The fourth-order valence-corrected chi connectivity index (χ4v) is 4.55. The second-order valence-electron chi connectivity index (χ2n) is 11.8. The molecule has 9 nitrogen and oxygen atoms in total. The SMILES string of the molecule is CC(C)(C)C[C@H](NC(=O)C(F)(Cc1ccccc1)C(F)F)C(=O)NC(CC1CCNC1=O)C(=O)C(=O)NC1CC1. The van der Waals surface area contributed by atoms with Crippen LogP contribution in [0, 0.1) is 11.3 Å². The first-order valence-electron chi connectivity index (χ1n) is 13.4. The highest BCUT2D eigenvalue weighted by molar-refractivity contribution is 6.38. The van der Waals surface area contributed by atoms with Crippen molar-refractivity contribution in [3.05, 3.63) is 35.9 Å². The van der Waals surface area contributed by atoms with Crippen LogP contribution in [0.15, 0.2) is 30.3 Å². The van der Waals surface area contributed by atoms with Crippen molar-refractivity contribution < 1.29 is 37.1 Å². The van der Waals surface area contributed by atoms with Crippen molar-refractivity contribution in [2.45, 2.75) is 89.5 Å². The van der Waals surface area contributed by atoms with Gasteiger partial charge in [0, 0.05) is 24.9 Å². The van der Waals surface area contributed by atoms with Crippen LogP contribution >= 0.6 is 0 Å². The summed E-state index contributed by atoms with van der Waals surface area (Å²) in [5.74, 6) is -5.45. The Morgan fingerprint density at radius 2 is 1.65 bits per heavy atom. The molecule has 3 unspecified atom stereocenters. The van der Waals surface area contributed by atoms with Gasteiger partial charge in [0.2, 0.25) is 17.6 Å². The number of carbonyl (C=O) groups is 5. The number of nitrogens with one attached hydrogen (secondary N) is 4. The molecule has 1 aromatic rings. The monoisotopic (exact) mass is 566 g/mol. The second kappa shape index (κ2) is 12.8. The van der Waals surface area contributed by atoms with Gasteiger partial charge in [-0.15, -0.1) is 0 Å². The molecule has 4 amide bonds. The van der Waals surface area contributed by atoms with Crippen molar-refractivity contribution in [2.24, 2.45) is 11.3 Å². The average Bonchev–Trinajstić information content (AvgIpc) is 3.60. The smallest absolute Gasteiger partial charge is 0.289 e. The number of alkyl halides is 3. The number of carbonyl (C=O) groups excluding carboxylic acids is 5. The van der Waals surface area contributed by atoms with Crippen LogP contribution in [0.25, 0.3) is 0 Å². The van der Waals surface area contributed by atoms with Crippen molar-refractivity contribution in [2.75, 3.05) is 6.54 Å². The third kappa shape index (κ3) is 8.53. The van der Waals surface area contributed by atoms with Crippen LogP contribution in [0.3, 0.4) is 0 Å². The maximum atomic E-state index is 15.5. The Bertz CT molecular complexity index is 1110. The minimum Gasteiger partial charge on any atom is -0.356 e. The van der Waals surface area contributed by atoms with Gasteiger partial charge in [-0.3, -0.25) is 24.0 Å². The molecule has 1 aliphatic carbocycles. The minimum absolute atomic E-state index is 0.0890. The van der Waals surface area contributed by atoms with Crippen molar-refractivity contribution in [1.29, 1.82) is 0 Å². The van der Waals surface area contributed by atoms with E-state index in [2.05, 4.69) is 21.3 Å². The quantitative estimate of drug-likeness (QED) is 0.271. The maximum Gasteiger partial charge on any atom is 0.289 e. The number of rotatable bonds is 13. The molecule has 4 N–H and O–H groups in total. The van der Waals surface area contributed by atoms with Crippen LogP contribution in [0.4, 0.5) is 13.2 Å². The van der Waals surface area contributed by atoms with E-state index >= 15 is 4.39 Å². The lowest BCUT2D eigenvalue weighted by Gasteiger charge is -2.31. The third-order valence-electron chi connectivity index (χ3n) is 6.92. The molecule has 1 saturated heterocycles. The average molecular weight is 567 g/mol. The Balaban J connectivity index is 1.81. The first kappa shape index (κ1) is 31.1. The molecule has 4 atom stereocenters.